The van der Waals surface area contributed by atoms with E-state index < -0.39 is 17.8 Å². The minimum absolute atomic E-state index is 0.297. The van der Waals surface area contributed by atoms with Gasteiger partial charge in [-0.3, -0.25) is 14.6 Å². The molecule has 0 saturated heterocycles. The first kappa shape index (κ1) is 24.4. The van der Waals surface area contributed by atoms with Crippen LogP contribution >= 0.6 is 0 Å². The van der Waals surface area contributed by atoms with Gasteiger partial charge in [-0.05, 0) is 60.2 Å². The van der Waals surface area contributed by atoms with E-state index in [-0.39, 0.29) is 12.5 Å². The van der Waals surface area contributed by atoms with E-state index in [0.29, 0.717) is 28.4 Å². The largest absolute Gasteiger partial charge is 0.493 e. The molecule has 8 heteroatoms. The monoisotopic (exact) mass is 485 g/mol. The molecule has 4 aromatic rings. The first-order valence-corrected chi connectivity index (χ1v) is 11.2. The Balaban J connectivity index is 1.45. The third-order valence-corrected chi connectivity index (χ3v) is 5.30. The number of ether oxygens (including phenoxy) is 2. The van der Waals surface area contributed by atoms with Crippen molar-refractivity contribution in [2.75, 3.05) is 19.0 Å². The number of aromatic nitrogens is 1. The Labute approximate surface area is 207 Å². The topological polar surface area (TPSA) is 89.6 Å². The Morgan fingerprint density at radius 2 is 1.67 bits per heavy atom. The zero-order valence-electron chi connectivity index (χ0n) is 19.5. The number of methoxy groups -OCH3 is 1. The fourth-order valence-corrected chi connectivity index (χ4v) is 3.54. The van der Waals surface area contributed by atoms with Gasteiger partial charge in [-0.25, -0.2) is 4.39 Å². The number of nitrogens with zero attached hydrogens (tertiary/aromatic N) is 1. The van der Waals surface area contributed by atoms with E-state index in [1.54, 1.807) is 24.4 Å². The van der Waals surface area contributed by atoms with Gasteiger partial charge in [0, 0.05) is 17.4 Å². The summed E-state index contributed by atoms with van der Waals surface area (Å²) in [7, 11) is 1.45. The Morgan fingerprint density at radius 3 is 2.36 bits per heavy atom. The molecule has 4 rings (SSSR count). The Kier molecular flexibility index (Phi) is 7.87. The van der Waals surface area contributed by atoms with E-state index in [2.05, 4.69) is 15.6 Å². The van der Waals surface area contributed by atoms with Crippen molar-refractivity contribution in [1.29, 1.82) is 0 Å². The van der Waals surface area contributed by atoms with Crippen molar-refractivity contribution in [2.45, 2.75) is 6.04 Å². The minimum atomic E-state index is -0.447. The summed E-state index contributed by atoms with van der Waals surface area (Å²) in [5.41, 5.74) is 2.40. The molecule has 36 heavy (non-hydrogen) atoms. The molecule has 1 atom stereocenters. The fraction of sp³-hybridized carbons (Fsp3) is 0.107. The SMILES string of the molecule is COc1cc(C(=O)NC(c2ccccc2)c2ccccn2)ccc1OCC(=O)Nc1ccc(F)cc1. The van der Waals surface area contributed by atoms with Gasteiger partial charge in [0.15, 0.2) is 18.1 Å². The highest BCUT2D eigenvalue weighted by molar-refractivity contribution is 5.95. The Bertz CT molecular complexity index is 1280. The summed E-state index contributed by atoms with van der Waals surface area (Å²) in [6.45, 7) is -0.297. The molecule has 0 bridgehead atoms. The highest BCUT2D eigenvalue weighted by Crippen LogP contribution is 2.29. The molecule has 0 radical (unpaired) electrons. The summed E-state index contributed by atoms with van der Waals surface area (Å²) in [6, 6.07) is 24.8. The van der Waals surface area contributed by atoms with Crippen molar-refractivity contribution in [2.24, 2.45) is 0 Å². The van der Waals surface area contributed by atoms with Crippen LogP contribution in [-0.4, -0.2) is 30.5 Å². The van der Waals surface area contributed by atoms with Gasteiger partial charge in [-0.2, -0.15) is 0 Å². The van der Waals surface area contributed by atoms with Crippen LogP contribution in [0.4, 0.5) is 10.1 Å². The molecule has 0 spiro atoms. The molecule has 2 N–H and O–H groups in total. The maximum Gasteiger partial charge on any atom is 0.262 e. The van der Waals surface area contributed by atoms with Gasteiger partial charge in [0.2, 0.25) is 0 Å². The summed E-state index contributed by atoms with van der Waals surface area (Å²) in [5, 5.41) is 5.65. The number of hydrogen-bond acceptors (Lipinski definition) is 5. The van der Waals surface area contributed by atoms with E-state index in [9.17, 15) is 14.0 Å². The lowest BCUT2D eigenvalue weighted by molar-refractivity contribution is -0.118. The summed E-state index contributed by atoms with van der Waals surface area (Å²) in [4.78, 5) is 29.8. The Morgan fingerprint density at radius 1 is 0.917 bits per heavy atom. The third-order valence-electron chi connectivity index (χ3n) is 5.30. The molecule has 182 valence electrons. The highest BCUT2D eigenvalue weighted by Gasteiger charge is 2.20. The van der Waals surface area contributed by atoms with E-state index in [1.807, 2.05) is 48.5 Å². The smallest absolute Gasteiger partial charge is 0.262 e. The lowest BCUT2D eigenvalue weighted by atomic mass is 10.0. The van der Waals surface area contributed by atoms with Gasteiger partial charge in [0.1, 0.15) is 5.82 Å². The zero-order chi connectivity index (χ0) is 25.3. The second-order valence-corrected chi connectivity index (χ2v) is 7.78. The van der Waals surface area contributed by atoms with Crippen LogP contribution in [0, 0.1) is 5.82 Å². The normalized spacial score (nSPS) is 11.3. The predicted molar refractivity (Wildman–Crippen MR) is 134 cm³/mol. The molecule has 3 aromatic carbocycles. The Hall–Kier alpha value is -4.72. The average Bonchev–Trinajstić information content (AvgIpc) is 2.92. The van der Waals surface area contributed by atoms with Crippen molar-refractivity contribution in [3.63, 3.8) is 0 Å². The number of carbonyl (C=O) groups excluding carboxylic acids is 2. The number of benzene rings is 3. The lowest BCUT2D eigenvalue weighted by Crippen LogP contribution is -2.30. The number of pyridine rings is 1. The van der Waals surface area contributed by atoms with Crippen LogP contribution in [0.25, 0.3) is 0 Å². The summed E-state index contributed by atoms with van der Waals surface area (Å²) >= 11 is 0. The number of anilines is 1. The van der Waals surface area contributed by atoms with Gasteiger partial charge < -0.3 is 20.1 Å². The number of rotatable bonds is 9. The van der Waals surface area contributed by atoms with Crippen molar-refractivity contribution >= 4 is 17.5 Å². The van der Waals surface area contributed by atoms with Crippen LogP contribution in [0.3, 0.4) is 0 Å². The summed E-state index contributed by atoms with van der Waals surface area (Å²) in [5.74, 6) is -0.549. The number of hydrogen-bond donors (Lipinski definition) is 2. The van der Waals surface area contributed by atoms with Crippen LogP contribution in [-0.2, 0) is 4.79 Å². The summed E-state index contributed by atoms with van der Waals surface area (Å²) < 4.78 is 24.0. The maximum atomic E-state index is 13.1. The van der Waals surface area contributed by atoms with Crippen LogP contribution in [0.2, 0.25) is 0 Å². The third kappa shape index (κ3) is 6.24. The van der Waals surface area contributed by atoms with Crippen molar-refractivity contribution in [1.82, 2.24) is 10.3 Å². The summed E-state index contributed by atoms with van der Waals surface area (Å²) in [6.07, 6.45) is 1.68. The molecule has 0 aliphatic rings. The van der Waals surface area contributed by atoms with Gasteiger partial charge in [0.05, 0.1) is 18.8 Å². The van der Waals surface area contributed by atoms with E-state index in [0.717, 1.165) is 5.56 Å². The minimum Gasteiger partial charge on any atom is -0.493 e. The number of carbonyl (C=O) groups is 2. The predicted octanol–water partition coefficient (Wildman–Crippen LogP) is 4.77. The maximum absolute atomic E-state index is 13.1. The van der Waals surface area contributed by atoms with Gasteiger partial charge in [0.25, 0.3) is 11.8 Å². The van der Waals surface area contributed by atoms with E-state index >= 15 is 0 Å². The fourth-order valence-electron chi connectivity index (χ4n) is 3.54. The standard InChI is InChI=1S/C28H24FN3O4/c1-35-25-17-20(10-15-24(25)36-18-26(33)31-22-13-11-21(29)12-14-22)28(34)32-27(19-7-3-2-4-8-19)23-9-5-6-16-30-23/h2-17,27H,18H2,1H3,(H,31,33)(H,32,34). The van der Waals surface area contributed by atoms with Crippen molar-refractivity contribution < 1.29 is 23.5 Å². The zero-order valence-corrected chi connectivity index (χ0v) is 19.5. The number of halogens is 1. The molecule has 2 amide bonds. The second-order valence-electron chi connectivity index (χ2n) is 7.78. The van der Waals surface area contributed by atoms with E-state index in [1.165, 1.54) is 31.4 Å². The molecule has 0 saturated carbocycles. The highest BCUT2D eigenvalue weighted by atomic mass is 19.1. The van der Waals surface area contributed by atoms with Crippen LogP contribution < -0.4 is 20.1 Å². The van der Waals surface area contributed by atoms with Gasteiger partial charge >= 0.3 is 0 Å². The quantitative estimate of drug-likeness (QED) is 0.357. The number of amides is 2. The first-order chi connectivity index (χ1) is 17.5. The molecule has 0 fully saturated rings. The van der Waals surface area contributed by atoms with Crippen LogP contribution in [0.5, 0.6) is 11.5 Å². The molecule has 1 unspecified atom stereocenters. The van der Waals surface area contributed by atoms with Crippen LogP contribution in [0.1, 0.15) is 27.7 Å². The molecule has 1 aromatic heterocycles. The molecule has 1 heterocycles. The molecule has 0 aliphatic heterocycles. The van der Waals surface area contributed by atoms with E-state index in [4.69, 9.17) is 9.47 Å². The van der Waals surface area contributed by atoms with Crippen molar-refractivity contribution in [3.8, 4) is 11.5 Å². The molecule has 7 nitrogen and oxygen atoms in total. The first-order valence-electron chi connectivity index (χ1n) is 11.2. The van der Waals surface area contributed by atoms with Gasteiger partial charge in [-0.1, -0.05) is 36.4 Å². The molecular formula is C28H24FN3O4. The molecule has 0 aliphatic carbocycles. The second kappa shape index (κ2) is 11.6. The average molecular weight is 486 g/mol. The van der Waals surface area contributed by atoms with Crippen molar-refractivity contribution in [3.05, 3.63) is 120 Å². The number of nitrogens with one attached hydrogen (secondary N) is 2. The van der Waals surface area contributed by atoms with Gasteiger partial charge in [-0.15, -0.1) is 0 Å². The van der Waals surface area contributed by atoms with Crippen LogP contribution in [0.15, 0.2) is 97.2 Å². The molecular weight excluding hydrogens is 461 g/mol. The lowest BCUT2D eigenvalue weighted by Gasteiger charge is -2.19.